The number of nitrogens with zero attached hydrogens (tertiary/aromatic N) is 2. The zero-order valence-electron chi connectivity index (χ0n) is 20.1. The molecule has 4 nitrogen and oxygen atoms in total. The number of aryl methyl sites for hydroxylation is 1. The zero-order chi connectivity index (χ0) is 26.6. The molecule has 1 N–H and O–H groups in total. The summed E-state index contributed by atoms with van der Waals surface area (Å²) in [5.41, 5.74) is -1.07. The van der Waals surface area contributed by atoms with Crippen LogP contribution >= 0.6 is 0 Å². The lowest BCUT2D eigenvalue weighted by atomic mass is 9.99. The van der Waals surface area contributed by atoms with Gasteiger partial charge in [0, 0.05) is 25.3 Å². The van der Waals surface area contributed by atoms with Gasteiger partial charge in [-0.2, -0.15) is 26.3 Å². The first-order valence-electron chi connectivity index (χ1n) is 11.3. The van der Waals surface area contributed by atoms with Crippen molar-refractivity contribution in [1.29, 1.82) is 0 Å². The third kappa shape index (κ3) is 7.29. The van der Waals surface area contributed by atoms with E-state index in [9.17, 15) is 36.2 Å². The van der Waals surface area contributed by atoms with Crippen LogP contribution in [0.4, 0.5) is 36.8 Å². The smallest absolute Gasteiger partial charge is 0.416 e. The fourth-order valence-electron chi connectivity index (χ4n) is 4.03. The predicted octanol–water partition coefficient (Wildman–Crippen LogP) is 7.90. The third-order valence-electron chi connectivity index (χ3n) is 5.67. The fraction of sp³-hybridized carbons (Fsp3) is 0.480. The van der Waals surface area contributed by atoms with Crippen LogP contribution in [0.1, 0.15) is 67.5 Å². The highest BCUT2D eigenvalue weighted by atomic mass is 19.4. The first kappa shape index (κ1) is 28.3. The van der Waals surface area contributed by atoms with Gasteiger partial charge < -0.3 is 10.0 Å². The second-order valence-electron chi connectivity index (χ2n) is 8.55. The van der Waals surface area contributed by atoms with E-state index in [2.05, 4.69) is 4.90 Å². The summed E-state index contributed by atoms with van der Waals surface area (Å²) in [5.74, 6) is 0. The van der Waals surface area contributed by atoms with Gasteiger partial charge in [0.15, 0.2) is 0 Å². The van der Waals surface area contributed by atoms with Crippen LogP contribution in [0.5, 0.6) is 0 Å². The SMILES string of the molecule is CCCN(CCC)c1ccc(C)cc1C(C)N(Cc1cc(C(F)(F)F)cc(C(F)(F)F)c1)C(=O)O. The average molecular weight is 505 g/mol. The van der Waals surface area contributed by atoms with Crippen molar-refractivity contribution in [1.82, 2.24) is 4.90 Å². The Kier molecular flexibility index (Phi) is 9.08. The van der Waals surface area contributed by atoms with Crippen LogP contribution < -0.4 is 4.90 Å². The van der Waals surface area contributed by atoms with Gasteiger partial charge in [-0.25, -0.2) is 4.79 Å². The molecule has 0 spiro atoms. The van der Waals surface area contributed by atoms with E-state index in [0.29, 0.717) is 30.8 Å². The van der Waals surface area contributed by atoms with Crippen molar-refractivity contribution in [2.75, 3.05) is 18.0 Å². The standard InChI is InChI=1S/C25H30F6N2O2/c1-5-9-32(10-6-2)22-8-7-16(3)11-21(22)17(4)33(23(34)35)15-18-12-19(24(26,27)28)14-20(13-18)25(29,30)31/h7-8,11-14,17H,5-6,9-10,15H2,1-4H3,(H,34,35). The van der Waals surface area contributed by atoms with Crippen molar-refractivity contribution in [2.45, 2.75) is 65.5 Å². The lowest BCUT2D eigenvalue weighted by Crippen LogP contribution is -2.34. The van der Waals surface area contributed by atoms with Gasteiger partial charge in [0.2, 0.25) is 0 Å². The number of hydrogen-bond acceptors (Lipinski definition) is 2. The molecule has 0 fully saturated rings. The van der Waals surface area contributed by atoms with Gasteiger partial charge in [0.1, 0.15) is 0 Å². The minimum Gasteiger partial charge on any atom is -0.465 e. The van der Waals surface area contributed by atoms with E-state index in [1.807, 2.05) is 39.0 Å². The lowest BCUT2D eigenvalue weighted by molar-refractivity contribution is -0.143. The Morgan fingerprint density at radius 1 is 0.914 bits per heavy atom. The van der Waals surface area contributed by atoms with E-state index < -0.39 is 47.7 Å². The first-order valence-corrected chi connectivity index (χ1v) is 11.3. The normalized spacial score (nSPS) is 13.0. The summed E-state index contributed by atoms with van der Waals surface area (Å²) >= 11 is 0. The van der Waals surface area contributed by atoms with Gasteiger partial charge >= 0.3 is 18.4 Å². The molecule has 0 aliphatic rings. The van der Waals surface area contributed by atoms with Gasteiger partial charge in [-0.15, -0.1) is 0 Å². The summed E-state index contributed by atoms with van der Waals surface area (Å²) in [6.45, 7) is 8.22. The monoisotopic (exact) mass is 504 g/mol. The van der Waals surface area contributed by atoms with E-state index in [1.165, 1.54) is 0 Å². The van der Waals surface area contributed by atoms with Crippen LogP contribution in [-0.4, -0.2) is 29.2 Å². The topological polar surface area (TPSA) is 43.8 Å². The molecule has 1 atom stereocenters. The zero-order valence-corrected chi connectivity index (χ0v) is 20.1. The molecule has 0 aliphatic heterocycles. The Labute approximate surface area is 201 Å². The summed E-state index contributed by atoms with van der Waals surface area (Å²) in [6.07, 6.45) is -9.79. The van der Waals surface area contributed by atoms with E-state index in [0.717, 1.165) is 29.0 Å². The largest absolute Gasteiger partial charge is 0.465 e. The molecule has 2 rings (SSSR count). The Bertz CT molecular complexity index is 982. The van der Waals surface area contributed by atoms with Gasteiger partial charge in [-0.05, 0) is 62.1 Å². The van der Waals surface area contributed by atoms with Crippen molar-refractivity contribution in [3.8, 4) is 0 Å². The molecule has 2 aromatic rings. The van der Waals surface area contributed by atoms with E-state index in [1.54, 1.807) is 6.92 Å². The minimum absolute atomic E-state index is 0.0318. The number of carbonyl (C=O) groups is 1. The number of amides is 1. The van der Waals surface area contributed by atoms with Crippen molar-refractivity contribution < 1.29 is 36.2 Å². The molecule has 0 bridgehead atoms. The molecule has 0 saturated heterocycles. The molecule has 194 valence electrons. The quantitative estimate of drug-likeness (QED) is 0.353. The van der Waals surface area contributed by atoms with Crippen molar-refractivity contribution >= 4 is 11.8 Å². The van der Waals surface area contributed by atoms with Crippen LogP contribution in [0.15, 0.2) is 36.4 Å². The van der Waals surface area contributed by atoms with Gasteiger partial charge in [-0.1, -0.05) is 31.5 Å². The molecule has 1 unspecified atom stereocenters. The number of halogens is 6. The molecule has 0 heterocycles. The number of alkyl halides is 6. The summed E-state index contributed by atoms with van der Waals surface area (Å²) in [5, 5.41) is 9.90. The summed E-state index contributed by atoms with van der Waals surface area (Å²) in [4.78, 5) is 15.1. The Morgan fingerprint density at radius 3 is 1.86 bits per heavy atom. The molecule has 0 aromatic heterocycles. The Balaban J connectivity index is 2.56. The molecular formula is C25H30F6N2O2. The van der Waals surface area contributed by atoms with Crippen molar-refractivity contribution in [3.63, 3.8) is 0 Å². The summed E-state index contributed by atoms with van der Waals surface area (Å²) < 4.78 is 79.7. The van der Waals surface area contributed by atoms with Gasteiger partial charge in [0.25, 0.3) is 0 Å². The van der Waals surface area contributed by atoms with Crippen LogP contribution in [0.25, 0.3) is 0 Å². The number of hydrogen-bond donors (Lipinski definition) is 1. The average Bonchev–Trinajstić information content (AvgIpc) is 2.75. The predicted molar refractivity (Wildman–Crippen MR) is 122 cm³/mol. The molecule has 0 saturated carbocycles. The van der Waals surface area contributed by atoms with Crippen molar-refractivity contribution in [3.05, 3.63) is 64.2 Å². The molecule has 1 amide bonds. The van der Waals surface area contributed by atoms with Crippen LogP contribution in [0, 0.1) is 6.92 Å². The number of anilines is 1. The van der Waals surface area contributed by atoms with Crippen LogP contribution in [0.3, 0.4) is 0 Å². The van der Waals surface area contributed by atoms with Gasteiger partial charge in [-0.3, -0.25) is 4.90 Å². The highest BCUT2D eigenvalue weighted by Gasteiger charge is 2.37. The second kappa shape index (κ2) is 11.2. The lowest BCUT2D eigenvalue weighted by Gasteiger charge is -2.33. The van der Waals surface area contributed by atoms with Crippen molar-refractivity contribution in [2.24, 2.45) is 0 Å². The molecule has 0 aliphatic carbocycles. The highest BCUT2D eigenvalue weighted by Crippen LogP contribution is 2.38. The molecule has 2 aromatic carbocycles. The Hall–Kier alpha value is -2.91. The van der Waals surface area contributed by atoms with Gasteiger partial charge in [0.05, 0.1) is 17.2 Å². The molecular weight excluding hydrogens is 474 g/mol. The number of benzene rings is 2. The summed E-state index contributed by atoms with van der Waals surface area (Å²) in [7, 11) is 0. The fourth-order valence-corrected chi connectivity index (χ4v) is 4.03. The number of carboxylic acid groups (broad SMARTS) is 1. The maximum Gasteiger partial charge on any atom is 0.416 e. The maximum absolute atomic E-state index is 13.3. The molecule has 35 heavy (non-hydrogen) atoms. The second-order valence-corrected chi connectivity index (χ2v) is 8.55. The maximum atomic E-state index is 13.3. The van der Waals surface area contributed by atoms with Crippen LogP contribution in [0.2, 0.25) is 0 Å². The number of rotatable bonds is 9. The van der Waals surface area contributed by atoms with E-state index >= 15 is 0 Å². The molecule has 10 heteroatoms. The molecule has 0 radical (unpaired) electrons. The van der Waals surface area contributed by atoms with Crippen LogP contribution in [-0.2, 0) is 18.9 Å². The highest BCUT2D eigenvalue weighted by molar-refractivity contribution is 5.67. The first-order chi connectivity index (χ1) is 16.2. The minimum atomic E-state index is -5.01. The van der Waals surface area contributed by atoms with E-state index in [-0.39, 0.29) is 6.07 Å². The Morgan fingerprint density at radius 2 is 1.43 bits per heavy atom. The third-order valence-corrected chi connectivity index (χ3v) is 5.67. The van der Waals surface area contributed by atoms with E-state index in [4.69, 9.17) is 0 Å². The summed E-state index contributed by atoms with van der Waals surface area (Å²) in [6, 6.07) is 5.90.